The Balaban J connectivity index is 1.96. The fraction of sp³-hybridized carbons (Fsp3) is 0.222. The number of nitrogens with zero attached hydrogens (tertiary/aromatic N) is 4. The van der Waals surface area contributed by atoms with Crippen LogP contribution in [0.15, 0.2) is 41.3 Å². The molecule has 2 N–H and O–H groups in total. The van der Waals surface area contributed by atoms with E-state index in [2.05, 4.69) is 9.97 Å². The molecular formula is C18H16ClN5O. The van der Waals surface area contributed by atoms with Crippen molar-refractivity contribution in [2.24, 2.45) is 0 Å². The minimum absolute atomic E-state index is 0.194. The first kappa shape index (κ1) is 15.8. The van der Waals surface area contributed by atoms with Crippen LogP contribution in [0.4, 0.5) is 5.82 Å². The van der Waals surface area contributed by atoms with Crippen molar-refractivity contribution in [1.82, 2.24) is 19.5 Å². The second-order valence-corrected chi connectivity index (χ2v) is 6.45. The smallest absolute Gasteiger partial charge is 0.355 e. The molecule has 1 aliphatic rings. The number of halogens is 1. The van der Waals surface area contributed by atoms with E-state index in [1.807, 2.05) is 18.2 Å². The van der Waals surface area contributed by atoms with Gasteiger partial charge in [-0.05, 0) is 43.9 Å². The Hall–Kier alpha value is -2.73. The van der Waals surface area contributed by atoms with E-state index in [-0.39, 0.29) is 5.82 Å². The lowest BCUT2D eigenvalue weighted by atomic mass is 9.96. The quantitative estimate of drug-likeness (QED) is 0.765. The van der Waals surface area contributed by atoms with Gasteiger partial charge in [0, 0.05) is 28.0 Å². The lowest BCUT2D eigenvalue weighted by Gasteiger charge is -2.19. The molecule has 126 valence electrons. The number of rotatable bonds is 2. The summed E-state index contributed by atoms with van der Waals surface area (Å²) in [7, 11) is 0. The van der Waals surface area contributed by atoms with Gasteiger partial charge in [-0.3, -0.25) is 4.57 Å². The van der Waals surface area contributed by atoms with Gasteiger partial charge in [-0.1, -0.05) is 23.7 Å². The molecule has 0 bridgehead atoms. The second kappa shape index (κ2) is 6.29. The fourth-order valence-electron chi connectivity index (χ4n) is 3.11. The van der Waals surface area contributed by atoms with Crippen LogP contribution in [0.5, 0.6) is 0 Å². The lowest BCUT2D eigenvalue weighted by molar-refractivity contribution is 0.654. The van der Waals surface area contributed by atoms with Crippen LogP contribution < -0.4 is 11.4 Å². The summed E-state index contributed by atoms with van der Waals surface area (Å²) >= 11 is 6.10. The molecule has 0 saturated heterocycles. The van der Waals surface area contributed by atoms with Crippen molar-refractivity contribution in [2.75, 3.05) is 5.73 Å². The van der Waals surface area contributed by atoms with Crippen molar-refractivity contribution < 1.29 is 0 Å². The molecule has 0 unspecified atom stereocenters. The summed E-state index contributed by atoms with van der Waals surface area (Å²) in [5.41, 5.74) is 7.97. The highest BCUT2D eigenvalue weighted by molar-refractivity contribution is 6.30. The third-order valence-corrected chi connectivity index (χ3v) is 4.53. The zero-order valence-corrected chi connectivity index (χ0v) is 14.2. The van der Waals surface area contributed by atoms with E-state index in [4.69, 9.17) is 22.3 Å². The average Bonchev–Trinajstić information content (AvgIpc) is 2.61. The highest BCUT2D eigenvalue weighted by Gasteiger charge is 2.20. The zero-order valence-electron chi connectivity index (χ0n) is 13.4. The van der Waals surface area contributed by atoms with Gasteiger partial charge in [-0.15, -0.1) is 0 Å². The van der Waals surface area contributed by atoms with E-state index in [1.54, 1.807) is 18.3 Å². The first-order valence-corrected chi connectivity index (χ1v) is 8.51. The molecule has 0 radical (unpaired) electrons. The first-order chi connectivity index (χ1) is 12.1. The average molecular weight is 354 g/mol. The van der Waals surface area contributed by atoms with Gasteiger partial charge >= 0.3 is 5.69 Å². The van der Waals surface area contributed by atoms with Crippen LogP contribution in [0.2, 0.25) is 5.02 Å². The van der Waals surface area contributed by atoms with Gasteiger partial charge in [0.2, 0.25) is 0 Å². The SMILES string of the molecule is Nc1ccn(-c2nc(-c3cccc(Cl)c3)nc3c2CCCC3)c(=O)n1. The second-order valence-electron chi connectivity index (χ2n) is 6.02. The maximum Gasteiger partial charge on any atom is 0.355 e. The Labute approximate surface area is 149 Å². The number of nitrogen functional groups attached to an aromatic ring is 1. The maximum atomic E-state index is 12.3. The topological polar surface area (TPSA) is 86.7 Å². The monoisotopic (exact) mass is 353 g/mol. The van der Waals surface area contributed by atoms with Crippen LogP contribution in [-0.4, -0.2) is 19.5 Å². The van der Waals surface area contributed by atoms with E-state index in [1.165, 1.54) is 4.57 Å². The van der Waals surface area contributed by atoms with Crippen LogP contribution in [0, 0.1) is 0 Å². The Bertz CT molecular complexity index is 1010. The Kier molecular flexibility index (Phi) is 3.97. The number of nitrogens with two attached hydrogens (primary N) is 1. The minimum Gasteiger partial charge on any atom is -0.383 e. The molecule has 2 aromatic heterocycles. The Morgan fingerprint density at radius 2 is 1.92 bits per heavy atom. The number of aryl methyl sites for hydroxylation is 1. The van der Waals surface area contributed by atoms with E-state index < -0.39 is 5.69 Å². The van der Waals surface area contributed by atoms with Gasteiger partial charge in [0.25, 0.3) is 0 Å². The highest BCUT2D eigenvalue weighted by atomic mass is 35.5. The third kappa shape index (κ3) is 3.00. The van der Waals surface area contributed by atoms with Crippen LogP contribution in [0.1, 0.15) is 24.1 Å². The Morgan fingerprint density at radius 3 is 2.72 bits per heavy atom. The zero-order chi connectivity index (χ0) is 17.4. The van der Waals surface area contributed by atoms with E-state index >= 15 is 0 Å². The summed E-state index contributed by atoms with van der Waals surface area (Å²) in [6, 6.07) is 8.98. The molecule has 0 spiro atoms. The maximum absolute atomic E-state index is 12.3. The van der Waals surface area contributed by atoms with Gasteiger partial charge in [-0.25, -0.2) is 14.8 Å². The summed E-state index contributed by atoms with van der Waals surface area (Å²) in [6.45, 7) is 0. The first-order valence-electron chi connectivity index (χ1n) is 8.13. The summed E-state index contributed by atoms with van der Waals surface area (Å²) in [5, 5.41) is 0.617. The van der Waals surface area contributed by atoms with E-state index in [0.29, 0.717) is 16.7 Å². The molecule has 0 saturated carbocycles. The predicted octanol–water partition coefficient (Wildman–Crippen LogP) is 2.80. The van der Waals surface area contributed by atoms with Gasteiger partial charge in [0.1, 0.15) is 11.6 Å². The number of benzene rings is 1. The predicted molar refractivity (Wildman–Crippen MR) is 96.9 cm³/mol. The number of fused-ring (bicyclic) bond motifs is 1. The molecule has 1 aliphatic carbocycles. The number of hydrogen-bond acceptors (Lipinski definition) is 5. The molecule has 4 rings (SSSR count). The lowest BCUT2D eigenvalue weighted by Crippen LogP contribution is -2.25. The van der Waals surface area contributed by atoms with Gasteiger partial charge < -0.3 is 5.73 Å². The molecular weight excluding hydrogens is 338 g/mol. The van der Waals surface area contributed by atoms with Crippen LogP contribution >= 0.6 is 11.6 Å². The standard InChI is InChI=1S/C18H16ClN5O/c19-12-5-3-4-11(10-12)16-21-14-7-2-1-6-13(14)17(23-16)24-9-8-15(20)22-18(24)25/h3-5,8-10H,1-2,6-7H2,(H2,20,22,25). The molecule has 6 nitrogen and oxygen atoms in total. The molecule has 0 amide bonds. The summed E-state index contributed by atoms with van der Waals surface area (Å²) in [6.07, 6.45) is 5.46. The molecule has 0 atom stereocenters. The van der Waals surface area contributed by atoms with Crippen molar-refractivity contribution in [1.29, 1.82) is 0 Å². The number of hydrogen-bond donors (Lipinski definition) is 1. The highest BCUT2D eigenvalue weighted by Crippen LogP contribution is 2.28. The number of aromatic nitrogens is 4. The Morgan fingerprint density at radius 1 is 1.08 bits per heavy atom. The largest absolute Gasteiger partial charge is 0.383 e. The van der Waals surface area contributed by atoms with Crippen molar-refractivity contribution in [3.63, 3.8) is 0 Å². The summed E-state index contributed by atoms with van der Waals surface area (Å²) in [5.74, 6) is 1.33. The molecule has 7 heteroatoms. The molecule has 25 heavy (non-hydrogen) atoms. The molecule has 1 aromatic carbocycles. The normalized spacial score (nSPS) is 13.5. The fourth-order valence-corrected chi connectivity index (χ4v) is 3.30. The molecule has 0 aliphatic heterocycles. The van der Waals surface area contributed by atoms with E-state index in [0.717, 1.165) is 42.5 Å². The van der Waals surface area contributed by atoms with Crippen molar-refractivity contribution in [3.8, 4) is 17.2 Å². The van der Waals surface area contributed by atoms with Gasteiger partial charge in [-0.2, -0.15) is 4.98 Å². The van der Waals surface area contributed by atoms with Crippen molar-refractivity contribution in [2.45, 2.75) is 25.7 Å². The van der Waals surface area contributed by atoms with Crippen molar-refractivity contribution in [3.05, 3.63) is 63.3 Å². The summed E-state index contributed by atoms with van der Waals surface area (Å²) in [4.78, 5) is 25.5. The van der Waals surface area contributed by atoms with Crippen LogP contribution in [0.3, 0.4) is 0 Å². The van der Waals surface area contributed by atoms with Gasteiger partial charge in [0.15, 0.2) is 5.82 Å². The summed E-state index contributed by atoms with van der Waals surface area (Å²) < 4.78 is 1.44. The van der Waals surface area contributed by atoms with Crippen LogP contribution in [0.25, 0.3) is 17.2 Å². The molecule has 3 aromatic rings. The van der Waals surface area contributed by atoms with E-state index in [9.17, 15) is 4.79 Å². The van der Waals surface area contributed by atoms with Gasteiger partial charge in [0.05, 0.1) is 0 Å². The minimum atomic E-state index is -0.441. The number of anilines is 1. The van der Waals surface area contributed by atoms with Crippen molar-refractivity contribution >= 4 is 17.4 Å². The molecule has 2 heterocycles. The van der Waals surface area contributed by atoms with Crippen LogP contribution in [-0.2, 0) is 12.8 Å². The third-order valence-electron chi connectivity index (χ3n) is 4.30. The molecule has 0 fully saturated rings.